The van der Waals surface area contributed by atoms with Crippen LogP contribution in [0.2, 0.25) is 0 Å². The molecule has 0 amide bonds. The number of nitrogens with zero attached hydrogens (tertiary/aromatic N) is 5. The molecule has 37 heavy (non-hydrogen) atoms. The third-order valence-corrected chi connectivity index (χ3v) is 7.59. The fraction of sp³-hybridized carbons (Fsp3) is 0.429. The summed E-state index contributed by atoms with van der Waals surface area (Å²) in [5.74, 6) is 2.37. The van der Waals surface area contributed by atoms with Gasteiger partial charge in [-0.2, -0.15) is 0 Å². The second-order valence-corrected chi connectivity index (χ2v) is 10.2. The molecule has 1 fully saturated rings. The van der Waals surface area contributed by atoms with Crippen LogP contribution in [0.25, 0.3) is 10.9 Å². The van der Waals surface area contributed by atoms with Crippen molar-refractivity contribution in [3.05, 3.63) is 75.3 Å². The molecule has 0 saturated heterocycles. The van der Waals surface area contributed by atoms with Gasteiger partial charge < -0.3 is 14.5 Å². The van der Waals surface area contributed by atoms with Crippen LogP contribution in [0.15, 0.2) is 47.3 Å². The van der Waals surface area contributed by atoms with Crippen molar-refractivity contribution < 1.29 is 9.47 Å². The number of rotatable bonds is 8. The van der Waals surface area contributed by atoms with E-state index in [4.69, 9.17) is 9.47 Å². The molecule has 2 aromatic carbocycles. The number of hydrogen-bond acceptors (Lipinski definition) is 7. The fourth-order valence-corrected chi connectivity index (χ4v) is 5.69. The van der Waals surface area contributed by atoms with Gasteiger partial charge in [0.15, 0.2) is 17.3 Å². The Morgan fingerprint density at radius 1 is 1.08 bits per heavy atom. The van der Waals surface area contributed by atoms with E-state index < -0.39 is 0 Å². The summed E-state index contributed by atoms with van der Waals surface area (Å²) in [6.07, 6.45) is 5.41. The van der Waals surface area contributed by atoms with Gasteiger partial charge >= 0.3 is 0 Å². The van der Waals surface area contributed by atoms with Crippen molar-refractivity contribution in [3.8, 4) is 11.5 Å². The average molecular weight is 501 g/mol. The molecule has 1 aliphatic carbocycles. The molecular weight excluding hydrogens is 468 g/mol. The summed E-state index contributed by atoms with van der Waals surface area (Å²) in [5.41, 5.74) is 3.73. The van der Waals surface area contributed by atoms with Gasteiger partial charge in [-0.1, -0.05) is 37.5 Å². The van der Waals surface area contributed by atoms with E-state index in [9.17, 15) is 4.79 Å². The number of benzene rings is 2. The second kappa shape index (κ2) is 9.97. The van der Waals surface area contributed by atoms with Crippen molar-refractivity contribution in [2.75, 3.05) is 6.79 Å². The first-order valence-corrected chi connectivity index (χ1v) is 13.1. The van der Waals surface area contributed by atoms with Gasteiger partial charge in [0.05, 0.1) is 12.1 Å². The van der Waals surface area contributed by atoms with Gasteiger partial charge in [-0.05, 0) is 77.9 Å². The Balaban J connectivity index is 1.39. The quantitative estimate of drug-likeness (QED) is 0.370. The molecule has 1 saturated carbocycles. The number of nitrogens with one attached hydrogen (secondary N) is 1. The lowest BCUT2D eigenvalue weighted by Gasteiger charge is -2.31. The SMILES string of the molecule is CCC(c1nnnn1C1CCCC1)N(Cc1ccc2c(c1)OCO2)Cc1cc2cc(C)ccc2[nH]c1=O. The molecular formula is C28H32N6O3. The third kappa shape index (κ3) is 4.71. The van der Waals surface area contributed by atoms with Crippen molar-refractivity contribution in [1.29, 1.82) is 0 Å². The normalized spacial score (nSPS) is 16.2. The molecule has 1 N–H and O–H groups in total. The van der Waals surface area contributed by atoms with Gasteiger partial charge in [-0.25, -0.2) is 4.68 Å². The first-order valence-electron chi connectivity index (χ1n) is 13.1. The van der Waals surface area contributed by atoms with Crippen molar-refractivity contribution >= 4 is 10.9 Å². The Kier molecular flexibility index (Phi) is 6.38. The van der Waals surface area contributed by atoms with Gasteiger partial charge in [0.2, 0.25) is 6.79 Å². The number of fused-ring (bicyclic) bond motifs is 2. The van der Waals surface area contributed by atoms with E-state index in [-0.39, 0.29) is 18.4 Å². The zero-order valence-electron chi connectivity index (χ0n) is 21.3. The highest BCUT2D eigenvalue weighted by Crippen LogP contribution is 2.36. The molecule has 1 atom stereocenters. The van der Waals surface area contributed by atoms with E-state index in [1.165, 1.54) is 12.8 Å². The zero-order chi connectivity index (χ0) is 25.4. The Labute approximate surface area is 215 Å². The molecule has 1 aliphatic heterocycles. The Hall–Kier alpha value is -3.72. The number of ether oxygens (including phenoxy) is 2. The summed E-state index contributed by atoms with van der Waals surface area (Å²) in [6, 6.07) is 14.4. The molecule has 9 nitrogen and oxygen atoms in total. The molecule has 192 valence electrons. The topological polar surface area (TPSA) is 98.2 Å². The van der Waals surface area contributed by atoms with Gasteiger partial charge in [-0.15, -0.1) is 5.10 Å². The summed E-state index contributed by atoms with van der Waals surface area (Å²) in [5, 5.41) is 14.0. The molecule has 0 spiro atoms. The number of aromatic amines is 1. The summed E-state index contributed by atoms with van der Waals surface area (Å²) >= 11 is 0. The number of H-pyrrole nitrogens is 1. The van der Waals surface area contributed by atoms with Crippen molar-refractivity contribution in [1.82, 2.24) is 30.1 Å². The van der Waals surface area contributed by atoms with Crippen molar-refractivity contribution in [2.24, 2.45) is 0 Å². The summed E-state index contributed by atoms with van der Waals surface area (Å²) in [4.78, 5) is 18.5. The minimum Gasteiger partial charge on any atom is -0.454 e. The molecule has 2 aromatic heterocycles. The minimum atomic E-state index is -0.0720. The minimum absolute atomic E-state index is 0.0615. The molecule has 0 radical (unpaired) electrons. The lowest BCUT2D eigenvalue weighted by Crippen LogP contribution is -2.32. The summed E-state index contributed by atoms with van der Waals surface area (Å²) in [7, 11) is 0. The van der Waals surface area contributed by atoms with Crippen LogP contribution in [0.3, 0.4) is 0 Å². The maximum atomic E-state index is 13.2. The number of tetrazole rings is 1. The lowest BCUT2D eigenvalue weighted by molar-refractivity contribution is 0.158. The van der Waals surface area contributed by atoms with Crippen LogP contribution in [0.1, 0.15) is 73.6 Å². The Bertz CT molecular complexity index is 1470. The predicted molar refractivity (Wildman–Crippen MR) is 139 cm³/mol. The predicted octanol–water partition coefficient (Wildman–Crippen LogP) is 4.82. The van der Waals surface area contributed by atoms with Crippen LogP contribution in [0, 0.1) is 6.92 Å². The van der Waals surface area contributed by atoms with Gasteiger partial charge in [0.1, 0.15) is 0 Å². The molecule has 6 rings (SSSR count). The molecule has 0 bridgehead atoms. The molecule has 4 aromatic rings. The highest BCUT2D eigenvalue weighted by Gasteiger charge is 2.30. The first kappa shape index (κ1) is 23.7. The highest BCUT2D eigenvalue weighted by atomic mass is 16.7. The smallest absolute Gasteiger partial charge is 0.252 e. The van der Waals surface area contributed by atoms with E-state index in [0.29, 0.717) is 19.1 Å². The third-order valence-electron chi connectivity index (χ3n) is 7.59. The maximum absolute atomic E-state index is 13.2. The van der Waals surface area contributed by atoms with Gasteiger partial charge in [0, 0.05) is 24.2 Å². The molecule has 9 heteroatoms. The molecule has 1 unspecified atom stereocenters. The van der Waals surface area contributed by atoms with Crippen molar-refractivity contribution in [2.45, 2.75) is 71.1 Å². The molecule has 2 aliphatic rings. The number of aryl methyl sites for hydroxylation is 1. The Morgan fingerprint density at radius 3 is 2.76 bits per heavy atom. The van der Waals surface area contributed by atoms with E-state index in [1.807, 2.05) is 35.0 Å². The van der Waals surface area contributed by atoms with E-state index in [0.717, 1.165) is 64.2 Å². The highest BCUT2D eigenvalue weighted by molar-refractivity contribution is 5.79. The standard InChI is InChI=1S/C28H32N6O3/c1-3-24(27-30-31-32-34(27)22-6-4-5-7-22)33(15-19-9-11-25-26(13-19)37-17-36-25)16-21-14-20-12-18(2)8-10-23(20)29-28(21)35/h8-14,22,24H,3-7,15-17H2,1-2H3,(H,29,35). The van der Waals surface area contributed by atoms with Crippen LogP contribution in [-0.2, 0) is 13.1 Å². The second-order valence-electron chi connectivity index (χ2n) is 10.2. The number of aromatic nitrogens is 5. The van der Waals surface area contributed by atoms with Gasteiger partial charge in [-0.3, -0.25) is 9.69 Å². The van der Waals surface area contributed by atoms with Crippen LogP contribution >= 0.6 is 0 Å². The average Bonchev–Trinajstić information content (AvgIpc) is 3.66. The number of hydrogen-bond donors (Lipinski definition) is 1. The lowest BCUT2D eigenvalue weighted by atomic mass is 10.1. The molecule has 3 heterocycles. The largest absolute Gasteiger partial charge is 0.454 e. The van der Waals surface area contributed by atoms with Crippen LogP contribution in [0.4, 0.5) is 0 Å². The van der Waals surface area contributed by atoms with Crippen molar-refractivity contribution in [3.63, 3.8) is 0 Å². The summed E-state index contributed by atoms with van der Waals surface area (Å²) in [6.45, 7) is 5.52. The maximum Gasteiger partial charge on any atom is 0.252 e. The van der Waals surface area contributed by atoms with Gasteiger partial charge in [0.25, 0.3) is 5.56 Å². The van der Waals surface area contributed by atoms with E-state index in [2.05, 4.69) is 51.4 Å². The number of pyridine rings is 1. The van der Waals surface area contributed by atoms with Crippen LogP contribution < -0.4 is 15.0 Å². The fourth-order valence-electron chi connectivity index (χ4n) is 5.69. The summed E-state index contributed by atoms with van der Waals surface area (Å²) < 4.78 is 13.2. The van der Waals surface area contributed by atoms with Crippen LogP contribution in [0.5, 0.6) is 11.5 Å². The van der Waals surface area contributed by atoms with E-state index in [1.54, 1.807) is 0 Å². The monoisotopic (exact) mass is 500 g/mol. The van der Waals surface area contributed by atoms with E-state index >= 15 is 0 Å². The van der Waals surface area contributed by atoms with Crippen LogP contribution in [-0.4, -0.2) is 36.9 Å². The first-order chi connectivity index (χ1) is 18.1. The Morgan fingerprint density at radius 2 is 1.92 bits per heavy atom. The zero-order valence-corrected chi connectivity index (χ0v) is 21.3.